The van der Waals surface area contributed by atoms with Crippen LogP contribution in [0.3, 0.4) is 0 Å². The lowest BCUT2D eigenvalue weighted by Gasteiger charge is -2.37. The summed E-state index contributed by atoms with van der Waals surface area (Å²) in [5, 5.41) is 3.90. The number of aryl methyl sites for hydroxylation is 2. The molecule has 0 aliphatic carbocycles. The van der Waals surface area contributed by atoms with Gasteiger partial charge in [-0.05, 0) is 33.1 Å². The van der Waals surface area contributed by atoms with E-state index in [1.54, 1.807) is 4.90 Å². The Labute approximate surface area is 129 Å². The van der Waals surface area contributed by atoms with Gasteiger partial charge in [0, 0.05) is 31.6 Å². The van der Waals surface area contributed by atoms with Crippen LogP contribution in [0.2, 0.25) is 0 Å². The molecule has 6 heteroatoms. The molecule has 0 unspecified atom stereocenters. The average Bonchev–Trinajstić information content (AvgIpc) is 3.09. The highest BCUT2D eigenvalue weighted by Crippen LogP contribution is 2.33. The molecule has 2 aliphatic rings. The Morgan fingerprint density at radius 2 is 2.18 bits per heavy atom. The SMILES string of the molecule is Cc1noc(C)c1CCC(=O)N1CC[C@]2(CCCO2)C(=O)C1. The van der Waals surface area contributed by atoms with E-state index in [1.165, 1.54) is 0 Å². The van der Waals surface area contributed by atoms with Crippen molar-refractivity contribution in [2.24, 2.45) is 0 Å². The summed E-state index contributed by atoms with van der Waals surface area (Å²) < 4.78 is 10.8. The van der Waals surface area contributed by atoms with Crippen LogP contribution >= 0.6 is 0 Å². The minimum Gasteiger partial charge on any atom is -0.367 e. The van der Waals surface area contributed by atoms with E-state index >= 15 is 0 Å². The van der Waals surface area contributed by atoms with Gasteiger partial charge in [-0.15, -0.1) is 0 Å². The second-order valence-corrected chi connectivity index (χ2v) is 6.24. The second-order valence-electron chi connectivity index (χ2n) is 6.24. The first kappa shape index (κ1) is 15.2. The molecule has 1 aromatic rings. The highest BCUT2D eigenvalue weighted by molar-refractivity contribution is 5.93. The van der Waals surface area contributed by atoms with Crippen LogP contribution in [0.5, 0.6) is 0 Å². The fourth-order valence-corrected chi connectivity index (χ4v) is 3.43. The summed E-state index contributed by atoms with van der Waals surface area (Å²) in [5.41, 5.74) is 1.23. The van der Waals surface area contributed by atoms with Gasteiger partial charge >= 0.3 is 0 Å². The van der Waals surface area contributed by atoms with Crippen molar-refractivity contribution in [1.29, 1.82) is 0 Å². The van der Waals surface area contributed by atoms with Crippen LogP contribution in [0, 0.1) is 13.8 Å². The quantitative estimate of drug-likeness (QED) is 0.847. The van der Waals surface area contributed by atoms with Crippen LogP contribution in [0.15, 0.2) is 4.52 Å². The van der Waals surface area contributed by atoms with Gasteiger partial charge in [-0.3, -0.25) is 9.59 Å². The number of rotatable bonds is 3. The largest absolute Gasteiger partial charge is 0.367 e. The molecule has 1 amide bonds. The molecule has 120 valence electrons. The molecule has 6 nitrogen and oxygen atoms in total. The van der Waals surface area contributed by atoms with Gasteiger partial charge in [-0.25, -0.2) is 0 Å². The molecule has 3 rings (SSSR count). The molecule has 2 aliphatic heterocycles. The number of Topliss-reactive ketones (excluding diaryl/α,β-unsaturated/α-hetero) is 1. The van der Waals surface area contributed by atoms with Gasteiger partial charge in [0.1, 0.15) is 11.4 Å². The number of carbonyl (C=O) groups excluding carboxylic acids is 2. The zero-order chi connectivity index (χ0) is 15.7. The van der Waals surface area contributed by atoms with Crippen molar-refractivity contribution >= 4 is 11.7 Å². The molecule has 1 spiro atoms. The summed E-state index contributed by atoms with van der Waals surface area (Å²) in [6.45, 7) is 5.17. The fraction of sp³-hybridized carbons (Fsp3) is 0.688. The number of carbonyl (C=O) groups is 2. The van der Waals surface area contributed by atoms with Gasteiger partial charge in [-0.2, -0.15) is 0 Å². The first-order valence-corrected chi connectivity index (χ1v) is 7.89. The Morgan fingerprint density at radius 1 is 1.36 bits per heavy atom. The molecule has 2 fully saturated rings. The van der Waals surface area contributed by atoms with Crippen LogP contribution in [0.25, 0.3) is 0 Å². The summed E-state index contributed by atoms with van der Waals surface area (Å²) >= 11 is 0. The van der Waals surface area contributed by atoms with Crippen LogP contribution in [-0.4, -0.2) is 47.0 Å². The van der Waals surface area contributed by atoms with E-state index in [1.807, 2.05) is 13.8 Å². The van der Waals surface area contributed by atoms with E-state index in [4.69, 9.17) is 9.26 Å². The van der Waals surface area contributed by atoms with Gasteiger partial charge in [0.25, 0.3) is 0 Å². The first-order chi connectivity index (χ1) is 10.5. The second kappa shape index (κ2) is 5.83. The summed E-state index contributed by atoms with van der Waals surface area (Å²) in [7, 11) is 0. The molecule has 2 saturated heterocycles. The van der Waals surface area contributed by atoms with Gasteiger partial charge < -0.3 is 14.2 Å². The standard InChI is InChI=1S/C16H22N2O4/c1-11-13(12(2)22-17-11)4-5-15(20)18-8-7-16(14(19)10-18)6-3-9-21-16/h3-10H2,1-2H3/t16-/m1/s1. The number of hydrogen-bond acceptors (Lipinski definition) is 5. The third-order valence-corrected chi connectivity index (χ3v) is 4.85. The van der Waals surface area contributed by atoms with Crippen molar-refractivity contribution in [2.75, 3.05) is 19.7 Å². The number of likely N-dealkylation sites (tertiary alicyclic amines) is 1. The van der Waals surface area contributed by atoms with E-state index in [-0.39, 0.29) is 18.2 Å². The number of nitrogens with zero attached hydrogens (tertiary/aromatic N) is 2. The Kier molecular flexibility index (Phi) is 4.04. The summed E-state index contributed by atoms with van der Waals surface area (Å²) in [5.74, 6) is 0.835. The molecule has 1 atom stereocenters. The Bertz CT molecular complexity index is 567. The maximum absolute atomic E-state index is 12.3. The number of hydrogen-bond donors (Lipinski definition) is 0. The normalized spacial score (nSPS) is 25.2. The van der Waals surface area contributed by atoms with Crippen LogP contribution < -0.4 is 0 Å². The Balaban J connectivity index is 1.57. The molecular formula is C16H22N2O4. The van der Waals surface area contributed by atoms with Gasteiger partial charge in [0.2, 0.25) is 5.91 Å². The fourth-order valence-electron chi connectivity index (χ4n) is 3.43. The van der Waals surface area contributed by atoms with Gasteiger partial charge in [0.15, 0.2) is 5.78 Å². The molecule has 0 N–H and O–H groups in total. The third-order valence-electron chi connectivity index (χ3n) is 4.85. The zero-order valence-electron chi connectivity index (χ0n) is 13.2. The molecule has 3 heterocycles. The van der Waals surface area contributed by atoms with Gasteiger partial charge in [-0.1, -0.05) is 5.16 Å². The topological polar surface area (TPSA) is 72.6 Å². The minimum absolute atomic E-state index is 0.0150. The van der Waals surface area contributed by atoms with E-state index in [9.17, 15) is 9.59 Å². The van der Waals surface area contributed by atoms with Crippen LogP contribution in [-0.2, 0) is 20.7 Å². The molecule has 1 aromatic heterocycles. The average molecular weight is 306 g/mol. The molecular weight excluding hydrogens is 284 g/mol. The predicted octanol–water partition coefficient (Wildman–Crippen LogP) is 1.57. The van der Waals surface area contributed by atoms with Gasteiger partial charge in [0.05, 0.1) is 12.2 Å². The zero-order valence-corrected chi connectivity index (χ0v) is 13.2. The van der Waals surface area contributed by atoms with Crippen LogP contribution in [0.1, 0.15) is 42.7 Å². The van der Waals surface area contributed by atoms with Crippen molar-refractivity contribution in [3.8, 4) is 0 Å². The van der Waals surface area contributed by atoms with Crippen molar-refractivity contribution in [3.05, 3.63) is 17.0 Å². The van der Waals surface area contributed by atoms with E-state index < -0.39 is 5.60 Å². The van der Waals surface area contributed by atoms with Crippen molar-refractivity contribution < 1.29 is 18.8 Å². The number of ether oxygens (including phenoxy) is 1. The van der Waals surface area contributed by atoms with E-state index in [2.05, 4.69) is 5.16 Å². The lowest BCUT2D eigenvalue weighted by atomic mass is 9.87. The number of amides is 1. The smallest absolute Gasteiger partial charge is 0.223 e. The number of aromatic nitrogens is 1. The monoisotopic (exact) mass is 306 g/mol. The molecule has 0 saturated carbocycles. The maximum atomic E-state index is 12.3. The summed E-state index contributed by atoms with van der Waals surface area (Å²) in [4.78, 5) is 26.3. The van der Waals surface area contributed by atoms with E-state index in [0.29, 0.717) is 32.4 Å². The van der Waals surface area contributed by atoms with E-state index in [0.717, 1.165) is 29.9 Å². The number of ketones is 1. The number of piperidine rings is 1. The molecule has 22 heavy (non-hydrogen) atoms. The molecule has 0 bridgehead atoms. The molecule has 0 aromatic carbocycles. The predicted molar refractivity (Wildman–Crippen MR) is 78.4 cm³/mol. The van der Waals surface area contributed by atoms with Crippen molar-refractivity contribution in [2.45, 2.75) is 51.6 Å². The highest BCUT2D eigenvalue weighted by Gasteiger charge is 2.46. The third kappa shape index (κ3) is 2.67. The van der Waals surface area contributed by atoms with Crippen LogP contribution in [0.4, 0.5) is 0 Å². The first-order valence-electron chi connectivity index (χ1n) is 7.89. The Morgan fingerprint density at radius 3 is 2.77 bits per heavy atom. The lowest BCUT2D eigenvalue weighted by Crippen LogP contribution is -2.53. The highest BCUT2D eigenvalue weighted by atomic mass is 16.5. The maximum Gasteiger partial charge on any atom is 0.223 e. The summed E-state index contributed by atoms with van der Waals surface area (Å²) in [6.07, 6.45) is 3.35. The summed E-state index contributed by atoms with van der Waals surface area (Å²) in [6, 6.07) is 0. The molecule has 0 radical (unpaired) electrons. The van der Waals surface area contributed by atoms with Crippen molar-refractivity contribution in [3.63, 3.8) is 0 Å². The minimum atomic E-state index is -0.599. The van der Waals surface area contributed by atoms with Crippen molar-refractivity contribution in [1.82, 2.24) is 10.1 Å². The lowest BCUT2D eigenvalue weighted by molar-refractivity contribution is -0.152. The Hall–Kier alpha value is -1.69.